The van der Waals surface area contributed by atoms with E-state index in [1.54, 1.807) is 31.2 Å². The molecule has 35 heavy (non-hydrogen) atoms. The number of rotatable bonds is 4. The minimum Gasteiger partial charge on any atom is -0.322 e. The molecular formula is C28H22FN3O2S. The zero-order chi connectivity index (χ0) is 24.5. The van der Waals surface area contributed by atoms with Crippen LogP contribution in [0, 0.1) is 12.7 Å². The number of hydrogen-bond acceptors (Lipinski definition) is 4. The number of nitrogens with zero attached hydrogens (tertiary/aromatic N) is 2. The Bertz CT molecular complexity index is 1620. The monoisotopic (exact) mass is 483 g/mol. The van der Waals surface area contributed by atoms with Crippen LogP contribution in [0.25, 0.3) is 6.08 Å². The van der Waals surface area contributed by atoms with Gasteiger partial charge in [-0.3, -0.25) is 14.2 Å². The van der Waals surface area contributed by atoms with E-state index in [1.165, 1.54) is 28.0 Å². The maximum absolute atomic E-state index is 13.7. The van der Waals surface area contributed by atoms with Gasteiger partial charge in [0, 0.05) is 5.69 Å². The molecule has 1 amide bonds. The van der Waals surface area contributed by atoms with Crippen LogP contribution < -0.4 is 20.2 Å². The Morgan fingerprint density at radius 3 is 2.37 bits per heavy atom. The number of halogens is 1. The Morgan fingerprint density at radius 1 is 1.00 bits per heavy atom. The third-order valence-corrected chi connectivity index (χ3v) is 6.84. The number of fused-ring (bicyclic) bond motifs is 1. The summed E-state index contributed by atoms with van der Waals surface area (Å²) >= 11 is 1.27. The molecule has 5 rings (SSSR count). The lowest BCUT2D eigenvalue weighted by Crippen LogP contribution is -2.40. The maximum Gasteiger partial charge on any atom is 0.271 e. The highest BCUT2D eigenvalue weighted by molar-refractivity contribution is 7.07. The van der Waals surface area contributed by atoms with Gasteiger partial charge in [-0.1, -0.05) is 71.5 Å². The van der Waals surface area contributed by atoms with Crippen LogP contribution in [0.5, 0.6) is 0 Å². The molecule has 1 aliphatic heterocycles. The van der Waals surface area contributed by atoms with E-state index in [0.717, 1.165) is 11.1 Å². The SMILES string of the molecule is CC1=C(C(=O)Nc2ccccc2)C(c2ccc(F)cc2)n2c(sc(=Cc3ccc(C)cc3)c2=O)=N1. The van der Waals surface area contributed by atoms with Crippen molar-refractivity contribution in [3.05, 3.63) is 132 Å². The number of anilines is 1. The Kier molecular flexibility index (Phi) is 6.01. The van der Waals surface area contributed by atoms with Gasteiger partial charge in [0.05, 0.1) is 21.8 Å². The number of nitrogens with one attached hydrogen (secondary N) is 1. The molecule has 174 valence electrons. The molecule has 1 aromatic heterocycles. The first-order chi connectivity index (χ1) is 16.9. The molecule has 0 saturated carbocycles. The van der Waals surface area contributed by atoms with E-state index in [1.807, 2.05) is 55.5 Å². The summed E-state index contributed by atoms with van der Waals surface area (Å²) in [6.45, 7) is 3.76. The van der Waals surface area contributed by atoms with Crippen molar-refractivity contribution >= 4 is 29.0 Å². The van der Waals surface area contributed by atoms with E-state index >= 15 is 0 Å². The van der Waals surface area contributed by atoms with Gasteiger partial charge in [-0.2, -0.15) is 0 Å². The summed E-state index contributed by atoms with van der Waals surface area (Å²) in [6.07, 6.45) is 1.83. The number of amides is 1. The van der Waals surface area contributed by atoms with Crippen LogP contribution in [0.15, 0.2) is 99.9 Å². The van der Waals surface area contributed by atoms with Crippen molar-refractivity contribution in [2.45, 2.75) is 19.9 Å². The van der Waals surface area contributed by atoms with Crippen molar-refractivity contribution in [3.8, 4) is 0 Å². The molecular weight excluding hydrogens is 461 g/mol. The minimum atomic E-state index is -0.740. The summed E-state index contributed by atoms with van der Waals surface area (Å²) in [5.74, 6) is -0.754. The average Bonchev–Trinajstić information content (AvgIpc) is 3.15. The third kappa shape index (κ3) is 4.50. The number of hydrogen-bond donors (Lipinski definition) is 1. The third-order valence-electron chi connectivity index (χ3n) is 5.86. The molecule has 0 radical (unpaired) electrons. The molecule has 0 bridgehead atoms. The fourth-order valence-electron chi connectivity index (χ4n) is 4.11. The van der Waals surface area contributed by atoms with Gasteiger partial charge in [-0.25, -0.2) is 9.38 Å². The number of benzene rings is 3. The number of carbonyl (C=O) groups is 1. The van der Waals surface area contributed by atoms with Crippen molar-refractivity contribution in [2.75, 3.05) is 5.32 Å². The smallest absolute Gasteiger partial charge is 0.271 e. The quantitative estimate of drug-likeness (QED) is 0.470. The van der Waals surface area contributed by atoms with E-state index in [4.69, 9.17) is 0 Å². The number of allylic oxidation sites excluding steroid dienone is 1. The second kappa shape index (κ2) is 9.27. The van der Waals surface area contributed by atoms with Gasteiger partial charge in [0.2, 0.25) is 0 Å². The van der Waals surface area contributed by atoms with Crippen molar-refractivity contribution in [1.29, 1.82) is 0 Å². The first kappa shape index (κ1) is 22.7. The number of thiazole rings is 1. The summed E-state index contributed by atoms with van der Waals surface area (Å²) < 4.78 is 15.8. The van der Waals surface area contributed by atoms with Crippen LogP contribution in [0.4, 0.5) is 10.1 Å². The van der Waals surface area contributed by atoms with E-state index < -0.39 is 11.9 Å². The molecule has 7 heteroatoms. The molecule has 0 fully saturated rings. The Balaban J connectivity index is 1.67. The number of carbonyl (C=O) groups excluding carboxylic acids is 1. The zero-order valence-corrected chi connectivity index (χ0v) is 20.0. The van der Waals surface area contributed by atoms with Crippen molar-refractivity contribution in [1.82, 2.24) is 4.57 Å². The number of para-hydroxylation sites is 1. The fourth-order valence-corrected chi connectivity index (χ4v) is 5.15. The van der Waals surface area contributed by atoms with Gasteiger partial charge in [-0.15, -0.1) is 0 Å². The van der Waals surface area contributed by atoms with Gasteiger partial charge < -0.3 is 5.32 Å². The topological polar surface area (TPSA) is 63.5 Å². The van der Waals surface area contributed by atoms with Gasteiger partial charge in [0.25, 0.3) is 11.5 Å². The van der Waals surface area contributed by atoms with E-state index in [9.17, 15) is 14.0 Å². The molecule has 4 aromatic rings. The number of aryl methyl sites for hydroxylation is 1. The summed E-state index contributed by atoms with van der Waals surface area (Å²) in [5, 5.41) is 2.90. The lowest BCUT2D eigenvalue weighted by atomic mass is 9.95. The molecule has 3 aromatic carbocycles. The minimum absolute atomic E-state index is 0.249. The predicted octanol–water partition coefficient (Wildman–Crippen LogP) is 4.32. The van der Waals surface area contributed by atoms with Crippen molar-refractivity contribution < 1.29 is 9.18 Å². The number of aromatic nitrogens is 1. The normalized spacial score (nSPS) is 15.5. The molecule has 2 heterocycles. The molecule has 1 N–H and O–H groups in total. The summed E-state index contributed by atoms with van der Waals surface area (Å²) in [4.78, 5) is 32.2. The van der Waals surface area contributed by atoms with Gasteiger partial charge in [-0.05, 0) is 55.3 Å². The van der Waals surface area contributed by atoms with E-state index in [-0.39, 0.29) is 11.5 Å². The van der Waals surface area contributed by atoms with Gasteiger partial charge in [0.15, 0.2) is 4.80 Å². The van der Waals surface area contributed by atoms with Gasteiger partial charge >= 0.3 is 0 Å². The predicted molar refractivity (Wildman–Crippen MR) is 136 cm³/mol. The molecule has 5 nitrogen and oxygen atoms in total. The Labute approximate surface area is 205 Å². The van der Waals surface area contributed by atoms with Crippen LogP contribution in [0.2, 0.25) is 0 Å². The second-order valence-electron chi connectivity index (χ2n) is 8.36. The highest BCUT2D eigenvalue weighted by Crippen LogP contribution is 2.30. The lowest BCUT2D eigenvalue weighted by Gasteiger charge is -2.25. The molecule has 0 spiro atoms. The second-order valence-corrected chi connectivity index (χ2v) is 9.37. The fraction of sp³-hybridized carbons (Fsp3) is 0.107. The largest absolute Gasteiger partial charge is 0.322 e. The zero-order valence-electron chi connectivity index (χ0n) is 19.2. The standard InChI is InChI=1S/C28H22FN3O2S/c1-17-8-10-19(11-9-17)16-23-27(34)32-25(20-12-14-21(29)15-13-20)24(18(2)30-28(32)35-23)26(33)31-22-6-4-3-5-7-22/h3-16,25H,1-2H3,(H,31,33). The van der Waals surface area contributed by atoms with Crippen molar-refractivity contribution in [2.24, 2.45) is 4.99 Å². The Morgan fingerprint density at radius 2 is 1.69 bits per heavy atom. The van der Waals surface area contributed by atoms with Crippen LogP contribution >= 0.6 is 11.3 Å². The molecule has 1 aliphatic rings. The Hall–Kier alpha value is -4.10. The van der Waals surface area contributed by atoms with Crippen LogP contribution in [-0.2, 0) is 4.79 Å². The summed E-state index contributed by atoms with van der Waals surface area (Å²) in [5.41, 5.74) is 3.89. The first-order valence-electron chi connectivity index (χ1n) is 11.1. The summed E-state index contributed by atoms with van der Waals surface area (Å²) in [7, 11) is 0. The van der Waals surface area contributed by atoms with Crippen LogP contribution in [0.1, 0.15) is 29.7 Å². The average molecular weight is 484 g/mol. The van der Waals surface area contributed by atoms with Gasteiger partial charge in [0.1, 0.15) is 5.82 Å². The first-order valence-corrected chi connectivity index (χ1v) is 11.9. The molecule has 1 unspecified atom stereocenters. The van der Waals surface area contributed by atoms with Crippen molar-refractivity contribution in [3.63, 3.8) is 0 Å². The van der Waals surface area contributed by atoms with E-state index in [0.29, 0.717) is 31.9 Å². The molecule has 0 aliphatic carbocycles. The summed E-state index contributed by atoms with van der Waals surface area (Å²) in [6, 6.07) is 22.1. The van der Waals surface area contributed by atoms with E-state index in [2.05, 4.69) is 10.3 Å². The maximum atomic E-state index is 13.7. The highest BCUT2D eigenvalue weighted by Gasteiger charge is 2.32. The van der Waals surface area contributed by atoms with Crippen LogP contribution in [-0.4, -0.2) is 10.5 Å². The lowest BCUT2D eigenvalue weighted by molar-refractivity contribution is -0.113. The van der Waals surface area contributed by atoms with Crippen LogP contribution in [0.3, 0.4) is 0 Å². The molecule has 1 atom stereocenters. The highest BCUT2D eigenvalue weighted by atomic mass is 32.1. The molecule has 0 saturated heterocycles.